The monoisotopic (exact) mass is 354 g/mol. The molecule has 2 aromatic carbocycles. The van der Waals surface area contributed by atoms with Gasteiger partial charge in [0.2, 0.25) is 0 Å². The van der Waals surface area contributed by atoms with Crippen molar-refractivity contribution >= 4 is 11.6 Å². The van der Waals surface area contributed by atoms with E-state index in [1.165, 1.54) is 5.56 Å². The standard InChI is InChI=1S/C21H26N2O3/c1-14(18-12-11-17(25-5)13-19(18)26-6)22-23-20(24)15-7-9-16(10-8-15)21(2,3)4/h7-13H,1-6H3,(H,23,24)/b22-14-. The summed E-state index contributed by atoms with van der Waals surface area (Å²) in [5, 5.41) is 4.20. The Hall–Kier alpha value is -2.82. The van der Waals surface area contributed by atoms with Crippen LogP contribution in [0.2, 0.25) is 0 Å². The highest BCUT2D eigenvalue weighted by atomic mass is 16.5. The Balaban J connectivity index is 2.14. The fourth-order valence-corrected chi connectivity index (χ4v) is 2.48. The second-order valence-electron chi connectivity index (χ2n) is 7.03. The highest BCUT2D eigenvalue weighted by Gasteiger charge is 2.14. The van der Waals surface area contributed by atoms with Crippen molar-refractivity contribution in [1.29, 1.82) is 0 Å². The molecule has 0 unspecified atom stereocenters. The number of hydrogen-bond acceptors (Lipinski definition) is 4. The van der Waals surface area contributed by atoms with Gasteiger partial charge in [-0.25, -0.2) is 5.43 Å². The van der Waals surface area contributed by atoms with Crippen molar-refractivity contribution < 1.29 is 14.3 Å². The Bertz CT molecular complexity index is 803. The highest BCUT2D eigenvalue weighted by Crippen LogP contribution is 2.25. The molecule has 0 saturated carbocycles. The predicted octanol–water partition coefficient (Wildman–Crippen LogP) is 4.16. The fourth-order valence-electron chi connectivity index (χ4n) is 2.48. The van der Waals surface area contributed by atoms with Crippen molar-refractivity contribution in [3.8, 4) is 11.5 Å². The molecule has 0 saturated heterocycles. The van der Waals surface area contributed by atoms with Gasteiger partial charge in [-0.3, -0.25) is 4.79 Å². The third-order valence-corrected chi connectivity index (χ3v) is 4.14. The summed E-state index contributed by atoms with van der Waals surface area (Å²) in [7, 11) is 3.18. The van der Waals surface area contributed by atoms with Crippen molar-refractivity contribution in [3.05, 3.63) is 59.2 Å². The molecule has 0 atom stereocenters. The molecule has 0 spiro atoms. The first-order valence-corrected chi connectivity index (χ1v) is 8.44. The summed E-state index contributed by atoms with van der Waals surface area (Å²) in [6.45, 7) is 8.22. The molecule has 5 nitrogen and oxygen atoms in total. The molecule has 0 bridgehead atoms. The van der Waals surface area contributed by atoms with Crippen LogP contribution in [0, 0.1) is 0 Å². The number of methoxy groups -OCH3 is 2. The molecule has 0 aliphatic heterocycles. The second kappa shape index (κ2) is 8.04. The number of ether oxygens (including phenoxy) is 2. The van der Waals surface area contributed by atoms with Crippen molar-refractivity contribution in [2.24, 2.45) is 5.10 Å². The summed E-state index contributed by atoms with van der Waals surface area (Å²) in [5.74, 6) is 1.08. The summed E-state index contributed by atoms with van der Waals surface area (Å²) in [4.78, 5) is 12.3. The molecule has 0 aliphatic rings. The zero-order valence-corrected chi connectivity index (χ0v) is 16.2. The van der Waals surface area contributed by atoms with Gasteiger partial charge in [0.1, 0.15) is 11.5 Å². The summed E-state index contributed by atoms with van der Waals surface area (Å²) >= 11 is 0. The van der Waals surface area contributed by atoms with Gasteiger partial charge in [-0.2, -0.15) is 5.10 Å². The van der Waals surface area contributed by atoms with E-state index in [2.05, 4.69) is 31.3 Å². The molecule has 2 rings (SSSR count). The second-order valence-corrected chi connectivity index (χ2v) is 7.03. The van der Waals surface area contributed by atoms with E-state index in [0.717, 1.165) is 5.56 Å². The average Bonchev–Trinajstić information content (AvgIpc) is 2.64. The largest absolute Gasteiger partial charge is 0.497 e. The third kappa shape index (κ3) is 4.63. The van der Waals surface area contributed by atoms with Gasteiger partial charge in [0.05, 0.1) is 19.9 Å². The molecule has 0 aromatic heterocycles. The van der Waals surface area contributed by atoms with Gasteiger partial charge >= 0.3 is 0 Å². The van der Waals surface area contributed by atoms with Gasteiger partial charge in [0.25, 0.3) is 5.91 Å². The van der Waals surface area contributed by atoms with Gasteiger partial charge in [-0.1, -0.05) is 32.9 Å². The highest BCUT2D eigenvalue weighted by molar-refractivity contribution is 6.02. The van der Waals surface area contributed by atoms with Gasteiger partial charge in [-0.15, -0.1) is 0 Å². The molecule has 0 aliphatic carbocycles. The molecule has 2 aromatic rings. The Kier molecular flexibility index (Phi) is 6.03. The van der Waals surface area contributed by atoms with E-state index in [1.54, 1.807) is 20.3 Å². The van der Waals surface area contributed by atoms with E-state index in [1.807, 2.05) is 43.3 Å². The number of carbonyl (C=O) groups is 1. The molecule has 1 N–H and O–H groups in total. The minimum absolute atomic E-state index is 0.0503. The Labute approximate surface area is 155 Å². The van der Waals surface area contributed by atoms with E-state index in [4.69, 9.17) is 9.47 Å². The molecular formula is C21H26N2O3. The van der Waals surface area contributed by atoms with Crippen LogP contribution in [0.4, 0.5) is 0 Å². The summed E-state index contributed by atoms with van der Waals surface area (Å²) in [6, 6.07) is 13.0. The normalized spacial score (nSPS) is 11.8. The number of hydrogen-bond donors (Lipinski definition) is 1. The lowest BCUT2D eigenvalue weighted by molar-refractivity contribution is 0.0954. The Morgan fingerprint density at radius 1 is 1.00 bits per heavy atom. The first-order valence-electron chi connectivity index (χ1n) is 8.44. The zero-order valence-electron chi connectivity index (χ0n) is 16.2. The summed E-state index contributed by atoms with van der Waals surface area (Å²) in [6.07, 6.45) is 0. The molecule has 0 radical (unpaired) electrons. The van der Waals surface area contributed by atoms with Crippen LogP contribution in [0.1, 0.15) is 49.2 Å². The SMILES string of the molecule is COc1ccc(/C(C)=N\NC(=O)c2ccc(C(C)(C)C)cc2)c(OC)c1. The number of nitrogens with zero attached hydrogens (tertiary/aromatic N) is 1. The van der Waals surface area contributed by atoms with E-state index in [0.29, 0.717) is 22.8 Å². The van der Waals surface area contributed by atoms with Crippen LogP contribution in [-0.2, 0) is 5.41 Å². The molecule has 5 heteroatoms. The Morgan fingerprint density at radius 3 is 2.19 bits per heavy atom. The van der Waals surface area contributed by atoms with Crippen molar-refractivity contribution in [2.75, 3.05) is 14.2 Å². The number of benzene rings is 2. The molecule has 0 fully saturated rings. The molecule has 26 heavy (non-hydrogen) atoms. The van der Waals surface area contributed by atoms with Crippen molar-refractivity contribution in [1.82, 2.24) is 5.43 Å². The fraction of sp³-hybridized carbons (Fsp3) is 0.333. The Morgan fingerprint density at radius 2 is 1.65 bits per heavy atom. The van der Waals surface area contributed by atoms with Gasteiger partial charge in [0.15, 0.2) is 0 Å². The average molecular weight is 354 g/mol. The van der Waals surface area contributed by atoms with Crippen LogP contribution >= 0.6 is 0 Å². The minimum Gasteiger partial charge on any atom is -0.497 e. The third-order valence-electron chi connectivity index (χ3n) is 4.14. The van der Waals surface area contributed by atoms with Crippen LogP contribution in [-0.4, -0.2) is 25.8 Å². The number of nitrogens with one attached hydrogen (secondary N) is 1. The lowest BCUT2D eigenvalue weighted by atomic mass is 9.87. The van der Waals surface area contributed by atoms with Crippen molar-refractivity contribution in [2.45, 2.75) is 33.1 Å². The maximum atomic E-state index is 12.3. The summed E-state index contributed by atoms with van der Waals surface area (Å²) in [5.41, 5.74) is 5.82. The van der Waals surface area contributed by atoms with E-state index >= 15 is 0 Å². The van der Waals surface area contributed by atoms with Crippen LogP contribution in [0.25, 0.3) is 0 Å². The maximum Gasteiger partial charge on any atom is 0.271 e. The van der Waals surface area contributed by atoms with Gasteiger partial charge < -0.3 is 9.47 Å². The molecule has 138 valence electrons. The predicted molar refractivity (Wildman–Crippen MR) is 104 cm³/mol. The molecule has 1 amide bonds. The first-order chi connectivity index (χ1) is 12.3. The van der Waals surface area contributed by atoms with Crippen LogP contribution in [0.15, 0.2) is 47.6 Å². The van der Waals surface area contributed by atoms with E-state index in [-0.39, 0.29) is 11.3 Å². The van der Waals surface area contributed by atoms with Gasteiger partial charge in [0, 0.05) is 17.2 Å². The quantitative estimate of drug-likeness (QED) is 0.648. The van der Waals surface area contributed by atoms with E-state index in [9.17, 15) is 4.79 Å². The summed E-state index contributed by atoms with van der Waals surface area (Å²) < 4.78 is 10.6. The number of rotatable bonds is 5. The maximum absolute atomic E-state index is 12.3. The van der Waals surface area contributed by atoms with Crippen LogP contribution < -0.4 is 14.9 Å². The van der Waals surface area contributed by atoms with Crippen molar-refractivity contribution in [3.63, 3.8) is 0 Å². The smallest absolute Gasteiger partial charge is 0.271 e. The lowest BCUT2D eigenvalue weighted by Crippen LogP contribution is -2.20. The molecular weight excluding hydrogens is 328 g/mol. The lowest BCUT2D eigenvalue weighted by Gasteiger charge is -2.18. The minimum atomic E-state index is -0.253. The van der Waals surface area contributed by atoms with E-state index < -0.39 is 0 Å². The number of hydrazone groups is 1. The van der Waals surface area contributed by atoms with Gasteiger partial charge in [-0.05, 0) is 42.2 Å². The first kappa shape index (κ1) is 19.5. The number of amides is 1. The molecule has 0 heterocycles. The zero-order chi connectivity index (χ0) is 19.3. The van der Waals surface area contributed by atoms with Crippen LogP contribution in [0.3, 0.4) is 0 Å². The topological polar surface area (TPSA) is 59.9 Å². The van der Waals surface area contributed by atoms with Crippen LogP contribution in [0.5, 0.6) is 11.5 Å². The number of carbonyl (C=O) groups excluding carboxylic acids is 1.